The molecule has 0 radical (unpaired) electrons. The van der Waals surface area contributed by atoms with E-state index < -0.39 is 0 Å². The molecule has 316 valence electrons. The lowest BCUT2D eigenvalue weighted by molar-refractivity contribution is 0.590. The third-order valence-electron chi connectivity index (χ3n) is 12.3. The molecular formula is C58H62ClN3. The van der Waals surface area contributed by atoms with Crippen molar-refractivity contribution in [1.82, 2.24) is 4.57 Å². The summed E-state index contributed by atoms with van der Waals surface area (Å²) in [6.45, 7) is 27.2. The molecule has 0 aliphatic heterocycles. The Kier molecular flexibility index (Phi) is 11.0. The smallest absolute Gasteiger partial charge is 0.0888 e. The highest BCUT2D eigenvalue weighted by Crippen LogP contribution is 2.50. The highest BCUT2D eigenvalue weighted by molar-refractivity contribution is 6.37. The number of para-hydroxylation sites is 2. The normalized spacial score (nSPS) is 12.6. The third kappa shape index (κ3) is 8.28. The van der Waals surface area contributed by atoms with Crippen molar-refractivity contribution < 1.29 is 0 Å². The molecule has 0 saturated heterocycles. The van der Waals surface area contributed by atoms with Gasteiger partial charge < -0.3 is 14.4 Å². The van der Waals surface area contributed by atoms with Gasteiger partial charge in [0.15, 0.2) is 0 Å². The molecule has 0 aliphatic carbocycles. The number of aromatic nitrogens is 1. The molecule has 1 aromatic heterocycles. The van der Waals surface area contributed by atoms with E-state index in [1.165, 1.54) is 33.0 Å². The Morgan fingerprint density at radius 2 is 0.613 bits per heavy atom. The van der Waals surface area contributed by atoms with E-state index in [0.717, 1.165) is 50.8 Å². The Balaban J connectivity index is 1.47. The molecule has 3 nitrogen and oxygen atoms in total. The fraction of sp³-hybridized carbons (Fsp3) is 0.276. The van der Waals surface area contributed by atoms with Gasteiger partial charge in [0, 0.05) is 33.5 Å². The van der Waals surface area contributed by atoms with Gasteiger partial charge in [-0.3, -0.25) is 0 Å². The molecule has 0 bridgehead atoms. The first kappa shape index (κ1) is 42.9. The lowest BCUT2D eigenvalue weighted by atomic mass is 9.86. The van der Waals surface area contributed by atoms with Crippen LogP contribution < -0.4 is 9.80 Å². The van der Waals surface area contributed by atoms with Gasteiger partial charge >= 0.3 is 0 Å². The van der Waals surface area contributed by atoms with Crippen molar-refractivity contribution in [2.45, 2.75) is 105 Å². The predicted octanol–water partition coefficient (Wildman–Crippen LogP) is 17.6. The van der Waals surface area contributed by atoms with Crippen LogP contribution in [0.3, 0.4) is 0 Å². The summed E-state index contributed by atoms with van der Waals surface area (Å²) in [4.78, 5) is 4.68. The summed E-state index contributed by atoms with van der Waals surface area (Å²) in [5.74, 6) is 0. The summed E-state index contributed by atoms with van der Waals surface area (Å²) in [7, 11) is 0. The van der Waals surface area contributed by atoms with Crippen LogP contribution in [0.5, 0.6) is 0 Å². The van der Waals surface area contributed by atoms with E-state index in [1.54, 1.807) is 0 Å². The number of fused-ring (bicyclic) bond motifs is 3. The fourth-order valence-corrected chi connectivity index (χ4v) is 8.81. The minimum atomic E-state index is 0.00453. The first-order valence-corrected chi connectivity index (χ1v) is 22.4. The maximum atomic E-state index is 8.09. The summed E-state index contributed by atoms with van der Waals surface area (Å²) in [5.41, 5.74) is 14.3. The van der Waals surface area contributed by atoms with Crippen LogP contribution in [0.25, 0.3) is 27.5 Å². The molecule has 7 aromatic carbocycles. The van der Waals surface area contributed by atoms with Crippen molar-refractivity contribution in [3.8, 4) is 5.69 Å². The van der Waals surface area contributed by atoms with Crippen LogP contribution in [-0.4, -0.2) is 4.57 Å². The second kappa shape index (κ2) is 15.9. The van der Waals surface area contributed by atoms with Crippen molar-refractivity contribution in [3.05, 3.63) is 185 Å². The van der Waals surface area contributed by atoms with Crippen molar-refractivity contribution >= 4 is 67.5 Å². The first-order chi connectivity index (χ1) is 29.2. The quantitative estimate of drug-likeness (QED) is 0.158. The summed E-state index contributed by atoms with van der Waals surface area (Å²) in [6, 6.07) is 58.1. The molecule has 0 unspecified atom stereocenters. The van der Waals surface area contributed by atoms with Gasteiger partial charge in [0.05, 0.1) is 33.1 Å². The molecule has 0 spiro atoms. The average Bonchev–Trinajstić information content (AvgIpc) is 3.56. The van der Waals surface area contributed by atoms with Crippen LogP contribution >= 0.6 is 11.6 Å². The molecule has 0 amide bonds. The van der Waals surface area contributed by atoms with Gasteiger partial charge in [0.1, 0.15) is 0 Å². The van der Waals surface area contributed by atoms with Crippen molar-refractivity contribution in [1.29, 1.82) is 0 Å². The van der Waals surface area contributed by atoms with Crippen LogP contribution in [0.15, 0.2) is 158 Å². The molecule has 0 N–H and O–H groups in total. The Hall–Kier alpha value is -5.77. The monoisotopic (exact) mass is 835 g/mol. The summed E-state index contributed by atoms with van der Waals surface area (Å²) in [6.07, 6.45) is 0. The van der Waals surface area contributed by atoms with E-state index in [1.807, 2.05) is 0 Å². The topological polar surface area (TPSA) is 11.4 Å². The SMILES string of the molecule is CC(C)(C)c1ccc(N(c2ccc(C(C)(C)C)cc2)c2cc(-n3c4ccccc4c4ccccc43)cc(N(c3ccc(C(C)(C)C)cc3)c3ccc(C(C)(C)C)cc3)c2Cl)cc1. The molecule has 0 atom stereocenters. The Labute approximate surface area is 375 Å². The maximum Gasteiger partial charge on any atom is 0.0888 e. The van der Waals surface area contributed by atoms with Crippen LogP contribution in [-0.2, 0) is 21.7 Å². The van der Waals surface area contributed by atoms with Crippen LogP contribution in [0.1, 0.15) is 105 Å². The summed E-state index contributed by atoms with van der Waals surface area (Å²) < 4.78 is 2.40. The largest absolute Gasteiger partial charge is 0.309 e. The van der Waals surface area contributed by atoms with E-state index in [-0.39, 0.29) is 21.7 Å². The highest BCUT2D eigenvalue weighted by Gasteiger charge is 2.27. The lowest BCUT2D eigenvalue weighted by Gasteiger charge is -2.33. The fourth-order valence-electron chi connectivity index (χ4n) is 8.53. The number of anilines is 6. The van der Waals surface area contributed by atoms with Crippen LogP contribution in [0, 0.1) is 0 Å². The van der Waals surface area contributed by atoms with Gasteiger partial charge in [-0.1, -0.05) is 180 Å². The molecule has 0 aliphatic rings. The number of halogens is 1. The highest BCUT2D eigenvalue weighted by atomic mass is 35.5. The number of hydrogen-bond donors (Lipinski definition) is 0. The molecule has 1 heterocycles. The van der Waals surface area contributed by atoms with Gasteiger partial charge in [-0.15, -0.1) is 0 Å². The number of hydrogen-bond acceptors (Lipinski definition) is 2. The van der Waals surface area contributed by atoms with Crippen LogP contribution in [0.2, 0.25) is 5.02 Å². The Morgan fingerprint density at radius 3 is 0.871 bits per heavy atom. The minimum absolute atomic E-state index is 0.00453. The second-order valence-electron chi connectivity index (χ2n) is 21.0. The first-order valence-electron chi connectivity index (χ1n) is 22.0. The maximum absolute atomic E-state index is 8.09. The van der Waals surface area contributed by atoms with Gasteiger partial charge in [0.25, 0.3) is 0 Å². The number of rotatable bonds is 7. The number of benzene rings is 7. The van der Waals surface area contributed by atoms with Crippen molar-refractivity contribution in [2.24, 2.45) is 0 Å². The van der Waals surface area contributed by atoms with E-state index in [4.69, 9.17) is 11.6 Å². The van der Waals surface area contributed by atoms with Crippen LogP contribution in [0.4, 0.5) is 34.1 Å². The van der Waals surface area contributed by atoms with Gasteiger partial charge in [-0.25, -0.2) is 0 Å². The minimum Gasteiger partial charge on any atom is -0.309 e. The zero-order valence-corrected chi connectivity index (χ0v) is 39.5. The zero-order chi connectivity index (χ0) is 44.4. The molecule has 62 heavy (non-hydrogen) atoms. The average molecular weight is 837 g/mol. The van der Waals surface area contributed by atoms with E-state index in [0.29, 0.717) is 5.02 Å². The molecule has 4 heteroatoms. The standard InChI is InChI=1S/C58H62ClN3/c1-55(2,3)39-21-29-43(30-22-39)60(44-31-23-40(24-32-44)56(4,5)6)52-37-47(62-50-19-15-13-17-48(50)49-18-14-16-20-51(49)62)38-53(54(52)59)61(45-33-25-41(26-34-45)57(7,8)9)46-35-27-42(28-36-46)58(10,11)12/h13-38H,1-12H3. The second-order valence-corrected chi connectivity index (χ2v) is 21.4. The molecule has 0 fully saturated rings. The molecule has 0 saturated carbocycles. The number of nitrogens with zero attached hydrogens (tertiary/aromatic N) is 3. The predicted molar refractivity (Wildman–Crippen MR) is 270 cm³/mol. The molecular weight excluding hydrogens is 774 g/mol. The van der Waals surface area contributed by atoms with E-state index >= 15 is 0 Å². The van der Waals surface area contributed by atoms with Gasteiger partial charge in [0.2, 0.25) is 0 Å². The Morgan fingerprint density at radius 1 is 0.355 bits per heavy atom. The van der Waals surface area contributed by atoms with Gasteiger partial charge in [-0.05, 0) is 117 Å². The van der Waals surface area contributed by atoms with Gasteiger partial charge in [-0.2, -0.15) is 0 Å². The third-order valence-corrected chi connectivity index (χ3v) is 12.7. The molecule has 8 aromatic rings. The zero-order valence-electron chi connectivity index (χ0n) is 38.7. The summed E-state index contributed by atoms with van der Waals surface area (Å²) >= 11 is 8.09. The van der Waals surface area contributed by atoms with Crippen molar-refractivity contribution in [3.63, 3.8) is 0 Å². The lowest BCUT2D eigenvalue weighted by Crippen LogP contribution is -2.17. The summed E-state index contributed by atoms with van der Waals surface area (Å²) in [5, 5.41) is 3.07. The van der Waals surface area contributed by atoms with E-state index in [9.17, 15) is 0 Å². The van der Waals surface area contributed by atoms with E-state index in [2.05, 4.69) is 255 Å². The Bertz CT molecular complexity index is 2540. The molecule has 8 rings (SSSR count). The van der Waals surface area contributed by atoms with Crippen molar-refractivity contribution in [2.75, 3.05) is 9.80 Å².